The molecular weight excluding hydrogens is 416 g/mol. The van der Waals surface area contributed by atoms with Gasteiger partial charge in [-0.05, 0) is 37.3 Å². The Morgan fingerprint density at radius 2 is 1.69 bits per heavy atom. The Kier molecular flexibility index (Phi) is 7.78. The van der Waals surface area contributed by atoms with Crippen molar-refractivity contribution in [2.45, 2.75) is 25.7 Å². The van der Waals surface area contributed by atoms with Crippen molar-refractivity contribution in [2.24, 2.45) is 0 Å². The molecule has 7 nitrogen and oxygen atoms in total. The zero-order chi connectivity index (χ0) is 21.6. The van der Waals surface area contributed by atoms with Gasteiger partial charge in [0.1, 0.15) is 0 Å². The Morgan fingerprint density at radius 1 is 1.07 bits per heavy atom. The standard InChI is InChI=1S/C20H23ClN2O5S/c1-4-23(5-2)29(26,27)16-10-11-17(21)18(12-16)22-19(24)13-28-20(25)15-8-6-14(3)7-9-15/h6-12H,4-5,13H2,1-3H3,(H,22,24). The molecule has 1 N–H and O–H groups in total. The molecule has 0 aromatic heterocycles. The maximum absolute atomic E-state index is 12.6. The molecule has 2 aromatic carbocycles. The molecule has 0 heterocycles. The fraction of sp³-hybridized carbons (Fsp3) is 0.300. The number of nitrogens with one attached hydrogen (secondary N) is 1. The number of carbonyl (C=O) groups excluding carboxylic acids is 2. The van der Waals surface area contributed by atoms with E-state index in [0.717, 1.165) is 5.56 Å². The molecule has 2 rings (SSSR count). The van der Waals surface area contributed by atoms with Gasteiger partial charge in [-0.3, -0.25) is 4.79 Å². The van der Waals surface area contributed by atoms with Gasteiger partial charge in [0.05, 0.1) is 21.2 Å². The third-order valence-electron chi connectivity index (χ3n) is 4.18. The van der Waals surface area contributed by atoms with E-state index in [4.69, 9.17) is 16.3 Å². The van der Waals surface area contributed by atoms with Crippen LogP contribution >= 0.6 is 11.6 Å². The Morgan fingerprint density at radius 3 is 2.28 bits per heavy atom. The largest absolute Gasteiger partial charge is 0.452 e. The van der Waals surface area contributed by atoms with Crippen molar-refractivity contribution in [3.8, 4) is 0 Å². The Balaban J connectivity index is 2.08. The van der Waals surface area contributed by atoms with E-state index < -0.39 is 28.5 Å². The molecule has 0 radical (unpaired) electrons. The molecule has 0 saturated heterocycles. The number of sulfonamides is 1. The molecule has 0 atom stereocenters. The van der Waals surface area contributed by atoms with Crippen molar-refractivity contribution in [3.63, 3.8) is 0 Å². The molecule has 29 heavy (non-hydrogen) atoms. The van der Waals surface area contributed by atoms with E-state index in [1.165, 1.54) is 22.5 Å². The van der Waals surface area contributed by atoms with Gasteiger partial charge >= 0.3 is 5.97 Å². The van der Waals surface area contributed by atoms with Crippen molar-refractivity contribution in [3.05, 3.63) is 58.6 Å². The number of hydrogen-bond acceptors (Lipinski definition) is 5. The molecule has 0 spiro atoms. The molecule has 0 unspecified atom stereocenters. The number of hydrogen-bond donors (Lipinski definition) is 1. The van der Waals surface area contributed by atoms with E-state index in [2.05, 4.69) is 5.32 Å². The van der Waals surface area contributed by atoms with E-state index >= 15 is 0 Å². The monoisotopic (exact) mass is 438 g/mol. The highest BCUT2D eigenvalue weighted by Gasteiger charge is 2.23. The number of amides is 1. The minimum absolute atomic E-state index is 0.0116. The van der Waals surface area contributed by atoms with E-state index in [0.29, 0.717) is 18.7 Å². The molecule has 0 saturated carbocycles. The highest BCUT2D eigenvalue weighted by Crippen LogP contribution is 2.27. The quantitative estimate of drug-likeness (QED) is 0.637. The zero-order valence-corrected chi connectivity index (χ0v) is 18.0. The molecule has 0 aliphatic heterocycles. The van der Waals surface area contributed by atoms with Crippen LogP contribution < -0.4 is 5.32 Å². The molecule has 9 heteroatoms. The number of anilines is 1. The van der Waals surface area contributed by atoms with Crippen molar-refractivity contribution in [1.29, 1.82) is 0 Å². The maximum atomic E-state index is 12.6. The van der Waals surface area contributed by atoms with Crippen LogP contribution in [0.3, 0.4) is 0 Å². The molecular formula is C20H23ClN2O5S. The van der Waals surface area contributed by atoms with Crippen LogP contribution in [0.1, 0.15) is 29.8 Å². The second kappa shape index (κ2) is 9.87. The van der Waals surface area contributed by atoms with Gasteiger partial charge in [0.15, 0.2) is 6.61 Å². The topological polar surface area (TPSA) is 92.8 Å². The third-order valence-corrected chi connectivity index (χ3v) is 6.55. The van der Waals surface area contributed by atoms with Gasteiger partial charge in [-0.15, -0.1) is 0 Å². The number of rotatable bonds is 8. The molecule has 1 amide bonds. The molecule has 0 aliphatic carbocycles. The summed E-state index contributed by atoms with van der Waals surface area (Å²) >= 11 is 6.08. The number of benzene rings is 2. The van der Waals surface area contributed by atoms with Gasteiger partial charge in [0.25, 0.3) is 5.91 Å². The number of halogens is 1. The second-order valence-electron chi connectivity index (χ2n) is 6.22. The number of ether oxygens (including phenoxy) is 1. The highest BCUT2D eigenvalue weighted by atomic mass is 35.5. The lowest BCUT2D eigenvalue weighted by molar-refractivity contribution is -0.119. The Hall–Kier alpha value is -2.42. The second-order valence-corrected chi connectivity index (χ2v) is 8.57. The maximum Gasteiger partial charge on any atom is 0.338 e. The zero-order valence-electron chi connectivity index (χ0n) is 16.4. The fourth-order valence-electron chi connectivity index (χ4n) is 2.56. The predicted octanol–water partition coefficient (Wildman–Crippen LogP) is 3.47. The predicted molar refractivity (Wildman–Crippen MR) is 112 cm³/mol. The summed E-state index contributed by atoms with van der Waals surface area (Å²) in [4.78, 5) is 24.2. The summed E-state index contributed by atoms with van der Waals surface area (Å²) in [6, 6.07) is 10.8. The van der Waals surface area contributed by atoms with Crippen LogP contribution in [0.2, 0.25) is 5.02 Å². The van der Waals surface area contributed by atoms with Crippen LogP contribution in [0.4, 0.5) is 5.69 Å². The number of esters is 1. The highest BCUT2D eigenvalue weighted by molar-refractivity contribution is 7.89. The average Bonchev–Trinajstić information content (AvgIpc) is 2.69. The summed E-state index contributed by atoms with van der Waals surface area (Å²) < 4.78 is 31.6. The summed E-state index contributed by atoms with van der Waals surface area (Å²) in [7, 11) is -3.70. The lowest BCUT2D eigenvalue weighted by Crippen LogP contribution is -2.30. The van der Waals surface area contributed by atoms with Gasteiger partial charge in [-0.1, -0.05) is 43.1 Å². The number of aryl methyl sites for hydroxylation is 1. The summed E-state index contributed by atoms with van der Waals surface area (Å²) in [5.41, 5.74) is 1.44. The summed E-state index contributed by atoms with van der Waals surface area (Å²) in [6.07, 6.45) is 0. The smallest absolute Gasteiger partial charge is 0.338 e. The van der Waals surface area contributed by atoms with Gasteiger partial charge in [-0.25, -0.2) is 13.2 Å². The first-order valence-corrected chi connectivity index (χ1v) is 10.8. The minimum Gasteiger partial charge on any atom is -0.452 e. The van der Waals surface area contributed by atoms with Gasteiger partial charge < -0.3 is 10.1 Å². The average molecular weight is 439 g/mol. The van der Waals surface area contributed by atoms with Crippen LogP contribution in [0.5, 0.6) is 0 Å². The van der Waals surface area contributed by atoms with Gasteiger partial charge in [0, 0.05) is 13.1 Å². The Labute approximate surface area is 175 Å². The SMILES string of the molecule is CCN(CC)S(=O)(=O)c1ccc(Cl)c(NC(=O)COC(=O)c2ccc(C)cc2)c1. The van der Waals surface area contributed by atoms with Crippen molar-refractivity contribution in [1.82, 2.24) is 4.31 Å². The van der Waals surface area contributed by atoms with E-state index in [1.807, 2.05) is 6.92 Å². The first-order valence-electron chi connectivity index (χ1n) is 9.02. The van der Waals surface area contributed by atoms with E-state index in [1.54, 1.807) is 38.1 Å². The fourth-order valence-corrected chi connectivity index (χ4v) is 4.21. The minimum atomic E-state index is -3.70. The lowest BCUT2D eigenvalue weighted by Gasteiger charge is -2.19. The van der Waals surface area contributed by atoms with Crippen LogP contribution in [-0.2, 0) is 19.6 Å². The normalized spacial score (nSPS) is 11.3. The first-order chi connectivity index (χ1) is 13.7. The number of carbonyl (C=O) groups is 2. The molecule has 0 bridgehead atoms. The summed E-state index contributed by atoms with van der Waals surface area (Å²) in [5.74, 6) is -1.27. The summed E-state index contributed by atoms with van der Waals surface area (Å²) in [6.45, 7) is 5.47. The van der Waals surface area contributed by atoms with Crippen LogP contribution in [0, 0.1) is 6.92 Å². The van der Waals surface area contributed by atoms with Crippen molar-refractivity contribution < 1.29 is 22.7 Å². The lowest BCUT2D eigenvalue weighted by atomic mass is 10.1. The van der Waals surface area contributed by atoms with Crippen molar-refractivity contribution in [2.75, 3.05) is 25.0 Å². The van der Waals surface area contributed by atoms with Crippen LogP contribution in [0.25, 0.3) is 0 Å². The van der Waals surface area contributed by atoms with Crippen LogP contribution in [-0.4, -0.2) is 44.3 Å². The first kappa shape index (κ1) is 22.9. The van der Waals surface area contributed by atoms with E-state index in [-0.39, 0.29) is 15.6 Å². The molecule has 0 aliphatic rings. The van der Waals surface area contributed by atoms with E-state index in [9.17, 15) is 18.0 Å². The van der Waals surface area contributed by atoms with Crippen molar-refractivity contribution >= 4 is 39.2 Å². The summed E-state index contributed by atoms with van der Waals surface area (Å²) in [5, 5.41) is 2.65. The van der Waals surface area contributed by atoms with Crippen LogP contribution in [0.15, 0.2) is 47.4 Å². The Bertz CT molecular complexity index is 986. The van der Waals surface area contributed by atoms with Gasteiger partial charge in [-0.2, -0.15) is 4.31 Å². The third kappa shape index (κ3) is 5.79. The molecule has 2 aromatic rings. The van der Waals surface area contributed by atoms with Gasteiger partial charge in [0.2, 0.25) is 10.0 Å². The molecule has 0 fully saturated rings. The molecule has 156 valence electrons. The number of nitrogens with zero attached hydrogens (tertiary/aromatic N) is 1.